The maximum Gasteiger partial charge on any atom is 0.244 e. The Balaban J connectivity index is 1.59. The summed E-state index contributed by atoms with van der Waals surface area (Å²) in [6, 6.07) is 14.1. The van der Waals surface area contributed by atoms with Crippen LogP contribution < -0.4 is 20.1 Å². The summed E-state index contributed by atoms with van der Waals surface area (Å²) in [5.74, 6) is 2.52. The highest BCUT2D eigenvalue weighted by atomic mass is 16.5. The third-order valence-corrected chi connectivity index (χ3v) is 4.05. The van der Waals surface area contributed by atoms with Crippen molar-refractivity contribution in [3.8, 4) is 11.5 Å². The summed E-state index contributed by atoms with van der Waals surface area (Å²) in [6.45, 7) is 3.29. The normalized spacial score (nSPS) is 10.3. The lowest BCUT2D eigenvalue weighted by Crippen LogP contribution is -2.08. The topological polar surface area (TPSA) is 81.2 Å². The SMILES string of the molecule is COc1ccc(CNc2cnnc(NCc3ccc(C)cc3)n2)cc1OC. The first kappa shape index (κ1) is 18.4. The van der Waals surface area contributed by atoms with Crippen LogP contribution in [0, 0.1) is 6.92 Å². The second kappa shape index (κ2) is 8.84. The first-order valence-electron chi connectivity index (χ1n) is 8.62. The van der Waals surface area contributed by atoms with Gasteiger partial charge in [0.25, 0.3) is 0 Å². The van der Waals surface area contributed by atoms with Crippen LogP contribution in [0.2, 0.25) is 0 Å². The van der Waals surface area contributed by atoms with E-state index >= 15 is 0 Å². The van der Waals surface area contributed by atoms with E-state index in [1.54, 1.807) is 20.4 Å². The third kappa shape index (κ3) is 5.07. The highest BCUT2D eigenvalue weighted by Crippen LogP contribution is 2.27. The lowest BCUT2D eigenvalue weighted by atomic mass is 10.1. The van der Waals surface area contributed by atoms with Gasteiger partial charge in [0.05, 0.1) is 20.4 Å². The lowest BCUT2D eigenvalue weighted by molar-refractivity contribution is 0.354. The average molecular weight is 365 g/mol. The molecular formula is C20H23N5O2. The molecule has 140 valence electrons. The molecule has 27 heavy (non-hydrogen) atoms. The van der Waals surface area contributed by atoms with Crippen molar-refractivity contribution in [3.05, 3.63) is 65.4 Å². The van der Waals surface area contributed by atoms with Gasteiger partial charge in [-0.3, -0.25) is 0 Å². The molecule has 0 atom stereocenters. The molecular weight excluding hydrogens is 342 g/mol. The molecule has 3 aromatic rings. The molecule has 7 heteroatoms. The Morgan fingerprint density at radius 3 is 2.30 bits per heavy atom. The fourth-order valence-electron chi connectivity index (χ4n) is 2.53. The Morgan fingerprint density at radius 1 is 0.852 bits per heavy atom. The summed E-state index contributed by atoms with van der Waals surface area (Å²) in [4.78, 5) is 4.44. The number of aryl methyl sites for hydroxylation is 1. The molecule has 1 aromatic heterocycles. The van der Waals surface area contributed by atoms with Crippen molar-refractivity contribution >= 4 is 11.8 Å². The van der Waals surface area contributed by atoms with Crippen LogP contribution in [0.15, 0.2) is 48.7 Å². The number of nitrogens with zero attached hydrogens (tertiary/aromatic N) is 3. The zero-order valence-corrected chi connectivity index (χ0v) is 15.7. The van der Waals surface area contributed by atoms with Gasteiger partial charge in [-0.05, 0) is 30.2 Å². The molecule has 2 aromatic carbocycles. The molecule has 7 nitrogen and oxygen atoms in total. The predicted molar refractivity (Wildman–Crippen MR) is 105 cm³/mol. The quantitative estimate of drug-likeness (QED) is 0.633. The number of benzene rings is 2. The van der Waals surface area contributed by atoms with E-state index < -0.39 is 0 Å². The minimum atomic E-state index is 0.480. The van der Waals surface area contributed by atoms with Crippen molar-refractivity contribution in [1.82, 2.24) is 15.2 Å². The molecule has 1 heterocycles. The zero-order valence-electron chi connectivity index (χ0n) is 15.7. The molecule has 0 saturated heterocycles. The standard InChI is InChI=1S/C20H23N5O2/c1-14-4-6-15(7-5-14)11-22-20-24-19(13-23-25-20)21-12-16-8-9-17(26-2)18(10-16)27-3/h4-10,13H,11-12H2,1-3H3,(H2,21,22,24,25). The molecule has 3 rings (SSSR count). The minimum Gasteiger partial charge on any atom is -0.493 e. The van der Waals surface area contributed by atoms with Crippen LogP contribution in [-0.4, -0.2) is 29.4 Å². The number of hydrogen-bond acceptors (Lipinski definition) is 7. The largest absolute Gasteiger partial charge is 0.493 e. The first-order chi connectivity index (χ1) is 13.2. The van der Waals surface area contributed by atoms with E-state index in [4.69, 9.17) is 9.47 Å². The van der Waals surface area contributed by atoms with Gasteiger partial charge >= 0.3 is 0 Å². The summed E-state index contributed by atoms with van der Waals surface area (Å²) in [7, 11) is 3.24. The van der Waals surface area contributed by atoms with Gasteiger partial charge < -0.3 is 20.1 Å². The van der Waals surface area contributed by atoms with E-state index in [1.165, 1.54) is 5.56 Å². The third-order valence-electron chi connectivity index (χ3n) is 4.05. The van der Waals surface area contributed by atoms with Crippen LogP contribution in [0.1, 0.15) is 16.7 Å². The molecule has 2 N–H and O–H groups in total. The van der Waals surface area contributed by atoms with Gasteiger partial charge in [0.1, 0.15) is 0 Å². The molecule has 0 aliphatic carbocycles. The van der Waals surface area contributed by atoms with Gasteiger partial charge in [-0.2, -0.15) is 10.1 Å². The van der Waals surface area contributed by atoms with Crippen molar-refractivity contribution in [1.29, 1.82) is 0 Å². The van der Waals surface area contributed by atoms with Crippen molar-refractivity contribution < 1.29 is 9.47 Å². The van der Waals surface area contributed by atoms with E-state index in [0.29, 0.717) is 36.4 Å². The Morgan fingerprint density at radius 2 is 1.56 bits per heavy atom. The van der Waals surface area contributed by atoms with Gasteiger partial charge in [-0.1, -0.05) is 35.9 Å². The Bertz CT molecular complexity index is 884. The Hall–Kier alpha value is -3.35. The summed E-state index contributed by atoms with van der Waals surface area (Å²) in [6.07, 6.45) is 1.60. The van der Waals surface area contributed by atoms with Crippen LogP contribution in [0.3, 0.4) is 0 Å². The molecule has 0 spiro atoms. The summed E-state index contributed by atoms with van der Waals surface area (Å²) < 4.78 is 10.6. The number of methoxy groups -OCH3 is 2. The number of hydrogen-bond donors (Lipinski definition) is 2. The number of rotatable bonds is 8. The molecule has 0 bridgehead atoms. The van der Waals surface area contributed by atoms with Gasteiger partial charge in [0, 0.05) is 13.1 Å². The minimum absolute atomic E-state index is 0.480. The fraction of sp³-hybridized carbons (Fsp3) is 0.250. The highest BCUT2D eigenvalue weighted by Gasteiger charge is 2.06. The van der Waals surface area contributed by atoms with Crippen molar-refractivity contribution in [2.45, 2.75) is 20.0 Å². The molecule has 0 saturated carbocycles. The highest BCUT2D eigenvalue weighted by molar-refractivity contribution is 5.44. The molecule has 0 fully saturated rings. The maximum absolute atomic E-state index is 5.33. The average Bonchev–Trinajstić information content (AvgIpc) is 2.72. The van der Waals surface area contributed by atoms with Gasteiger partial charge in [-0.15, -0.1) is 5.10 Å². The predicted octanol–water partition coefficient (Wildman–Crippen LogP) is 3.42. The second-order valence-corrected chi connectivity index (χ2v) is 6.05. The second-order valence-electron chi connectivity index (χ2n) is 6.05. The molecule has 0 radical (unpaired) electrons. The van der Waals surface area contributed by atoms with Gasteiger partial charge in [-0.25, -0.2) is 0 Å². The zero-order chi connectivity index (χ0) is 19.1. The number of nitrogens with one attached hydrogen (secondary N) is 2. The monoisotopic (exact) mass is 365 g/mol. The summed E-state index contributed by atoms with van der Waals surface area (Å²) >= 11 is 0. The smallest absolute Gasteiger partial charge is 0.244 e. The van der Waals surface area contributed by atoms with Crippen LogP contribution in [0.4, 0.5) is 11.8 Å². The van der Waals surface area contributed by atoms with E-state index in [9.17, 15) is 0 Å². The number of anilines is 2. The van der Waals surface area contributed by atoms with E-state index in [1.807, 2.05) is 18.2 Å². The number of aromatic nitrogens is 3. The van der Waals surface area contributed by atoms with Crippen LogP contribution in [-0.2, 0) is 13.1 Å². The molecule has 0 unspecified atom stereocenters. The van der Waals surface area contributed by atoms with Crippen molar-refractivity contribution in [2.24, 2.45) is 0 Å². The van der Waals surface area contributed by atoms with Gasteiger partial charge in [0.2, 0.25) is 5.95 Å². The van der Waals surface area contributed by atoms with E-state index in [2.05, 4.69) is 57.0 Å². The molecule has 0 aliphatic rings. The Labute approximate surface area is 158 Å². The van der Waals surface area contributed by atoms with Crippen LogP contribution in [0.5, 0.6) is 11.5 Å². The van der Waals surface area contributed by atoms with Crippen LogP contribution >= 0.6 is 0 Å². The van der Waals surface area contributed by atoms with Gasteiger partial charge in [0.15, 0.2) is 17.3 Å². The van der Waals surface area contributed by atoms with Crippen molar-refractivity contribution in [2.75, 3.05) is 24.9 Å². The summed E-state index contributed by atoms with van der Waals surface area (Å²) in [5, 5.41) is 14.5. The maximum atomic E-state index is 5.33. The fourth-order valence-corrected chi connectivity index (χ4v) is 2.53. The van der Waals surface area contributed by atoms with E-state index in [0.717, 1.165) is 11.1 Å². The first-order valence-corrected chi connectivity index (χ1v) is 8.62. The molecule has 0 amide bonds. The molecule has 0 aliphatic heterocycles. The van der Waals surface area contributed by atoms with Crippen molar-refractivity contribution in [3.63, 3.8) is 0 Å². The Kier molecular flexibility index (Phi) is 6.04. The number of ether oxygens (including phenoxy) is 2. The van der Waals surface area contributed by atoms with Crippen LogP contribution in [0.25, 0.3) is 0 Å². The van der Waals surface area contributed by atoms with E-state index in [-0.39, 0.29) is 0 Å². The summed E-state index contributed by atoms with van der Waals surface area (Å²) in [5.41, 5.74) is 3.44. The lowest BCUT2D eigenvalue weighted by Gasteiger charge is -2.11.